The summed E-state index contributed by atoms with van der Waals surface area (Å²) in [4.78, 5) is 14.3. The molecule has 0 bridgehead atoms. The van der Waals surface area contributed by atoms with E-state index in [1.807, 2.05) is 6.07 Å². The summed E-state index contributed by atoms with van der Waals surface area (Å²) in [6, 6.07) is 7.64. The third kappa shape index (κ3) is 2.94. The van der Waals surface area contributed by atoms with Crippen LogP contribution < -0.4 is 0 Å². The minimum absolute atomic E-state index is 0.125. The molecule has 2 rings (SSSR count). The van der Waals surface area contributed by atoms with Crippen LogP contribution in [0.3, 0.4) is 0 Å². The molecule has 0 unspecified atom stereocenters. The zero-order valence-electron chi connectivity index (χ0n) is 11.3. The minimum atomic E-state index is -0.666. The Hall–Kier alpha value is -0.800. The van der Waals surface area contributed by atoms with Crippen molar-refractivity contribution in [2.75, 3.05) is 7.05 Å². The highest BCUT2D eigenvalue weighted by Gasteiger charge is 2.39. The fourth-order valence-corrected chi connectivity index (χ4v) is 3.43. The Labute approximate surface area is 138 Å². The second kappa shape index (κ2) is 6.31. The van der Waals surface area contributed by atoms with Crippen molar-refractivity contribution in [3.63, 3.8) is 0 Å². The van der Waals surface area contributed by atoms with Gasteiger partial charge >= 0.3 is 0 Å². The second-order valence-electron chi connectivity index (χ2n) is 5.19. The van der Waals surface area contributed by atoms with Crippen molar-refractivity contribution < 1.29 is 4.79 Å². The predicted octanol–water partition coefficient (Wildman–Crippen LogP) is 4.24. The Balaban J connectivity index is 2.32. The van der Waals surface area contributed by atoms with Crippen molar-refractivity contribution in [1.82, 2.24) is 4.90 Å². The summed E-state index contributed by atoms with van der Waals surface area (Å²) < 4.78 is 0.854. The van der Waals surface area contributed by atoms with Crippen LogP contribution in [-0.4, -0.2) is 23.4 Å². The van der Waals surface area contributed by atoms with Crippen molar-refractivity contribution in [2.45, 2.75) is 37.6 Å². The highest BCUT2D eigenvalue weighted by molar-refractivity contribution is 14.1. The van der Waals surface area contributed by atoms with Gasteiger partial charge in [0.1, 0.15) is 5.54 Å². The van der Waals surface area contributed by atoms with Crippen LogP contribution in [-0.2, 0) is 0 Å². The number of hydrogen-bond donors (Lipinski definition) is 0. The number of benzene rings is 1. The zero-order valence-corrected chi connectivity index (χ0v) is 14.2. The number of nitrogens with zero attached hydrogens (tertiary/aromatic N) is 2. The molecule has 106 valence electrons. The molecule has 0 atom stereocenters. The van der Waals surface area contributed by atoms with Crippen molar-refractivity contribution in [3.8, 4) is 6.07 Å². The summed E-state index contributed by atoms with van der Waals surface area (Å²) in [7, 11) is 1.73. The summed E-state index contributed by atoms with van der Waals surface area (Å²) in [5.41, 5.74) is -0.0958. The molecule has 0 radical (unpaired) electrons. The molecule has 1 aliphatic carbocycles. The van der Waals surface area contributed by atoms with E-state index < -0.39 is 5.54 Å². The molecule has 5 heteroatoms. The Morgan fingerprint density at radius 1 is 1.40 bits per heavy atom. The summed E-state index contributed by atoms with van der Waals surface area (Å²) >= 11 is 8.11. The molecule has 0 aromatic heterocycles. The number of amides is 1. The lowest BCUT2D eigenvalue weighted by Gasteiger charge is -2.39. The quantitative estimate of drug-likeness (QED) is 0.694. The van der Waals surface area contributed by atoms with Gasteiger partial charge in [-0.25, -0.2) is 0 Å². The van der Waals surface area contributed by atoms with Gasteiger partial charge < -0.3 is 4.90 Å². The maximum absolute atomic E-state index is 12.7. The molecule has 1 aliphatic rings. The highest BCUT2D eigenvalue weighted by Crippen LogP contribution is 2.34. The van der Waals surface area contributed by atoms with Crippen LogP contribution in [0, 0.1) is 14.9 Å². The van der Waals surface area contributed by atoms with Gasteiger partial charge in [0.25, 0.3) is 5.91 Å². The molecule has 20 heavy (non-hydrogen) atoms. The molecule has 0 N–H and O–H groups in total. The number of carbonyl (C=O) groups excluding carboxylic acids is 1. The number of hydrogen-bond acceptors (Lipinski definition) is 2. The molecular formula is C15H16ClIN2O. The van der Waals surface area contributed by atoms with E-state index in [4.69, 9.17) is 11.6 Å². The van der Waals surface area contributed by atoms with Crippen molar-refractivity contribution in [2.24, 2.45) is 0 Å². The fourth-order valence-electron chi connectivity index (χ4n) is 2.70. The van der Waals surface area contributed by atoms with Gasteiger partial charge in [-0.1, -0.05) is 30.9 Å². The van der Waals surface area contributed by atoms with Crippen molar-refractivity contribution in [1.29, 1.82) is 5.26 Å². The van der Waals surface area contributed by atoms with E-state index in [0.717, 1.165) is 35.7 Å². The van der Waals surface area contributed by atoms with E-state index in [9.17, 15) is 10.1 Å². The first kappa shape index (κ1) is 15.6. The number of halogens is 2. The third-order valence-electron chi connectivity index (χ3n) is 3.99. The Morgan fingerprint density at radius 3 is 2.65 bits per heavy atom. The fraction of sp³-hybridized carbons (Fsp3) is 0.467. The number of rotatable bonds is 2. The summed E-state index contributed by atoms with van der Waals surface area (Å²) in [5.74, 6) is -0.125. The van der Waals surface area contributed by atoms with E-state index in [1.54, 1.807) is 24.1 Å². The maximum atomic E-state index is 12.7. The Morgan fingerprint density at radius 2 is 2.05 bits per heavy atom. The van der Waals surface area contributed by atoms with Crippen molar-refractivity contribution in [3.05, 3.63) is 32.4 Å². The van der Waals surface area contributed by atoms with Gasteiger partial charge in [0.15, 0.2) is 0 Å². The lowest BCUT2D eigenvalue weighted by Crippen LogP contribution is -2.50. The van der Waals surface area contributed by atoms with Gasteiger partial charge in [-0.05, 0) is 53.6 Å². The van der Waals surface area contributed by atoms with E-state index in [2.05, 4.69) is 28.7 Å². The first-order valence-corrected chi connectivity index (χ1v) is 8.10. The monoisotopic (exact) mass is 402 g/mol. The van der Waals surface area contributed by atoms with Crippen LogP contribution >= 0.6 is 34.2 Å². The molecule has 3 nitrogen and oxygen atoms in total. The third-order valence-corrected chi connectivity index (χ3v) is 5.17. The lowest BCUT2D eigenvalue weighted by atomic mass is 9.81. The van der Waals surface area contributed by atoms with Gasteiger partial charge in [0, 0.05) is 15.6 Å². The van der Waals surface area contributed by atoms with Crippen LogP contribution in [0.5, 0.6) is 0 Å². The van der Waals surface area contributed by atoms with Gasteiger partial charge in [0.2, 0.25) is 0 Å². The van der Waals surface area contributed by atoms with Gasteiger partial charge in [0.05, 0.1) is 11.6 Å². The SMILES string of the molecule is CN(C(=O)c1cc(Cl)ccc1I)C1(C#N)CCCCC1. The summed E-state index contributed by atoms with van der Waals surface area (Å²) in [6.07, 6.45) is 4.64. The van der Waals surface area contributed by atoms with Crippen LogP contribution in [0.1, 0.15) is 42.5 Å². The molecule has 0 saturated heterocycles. The van der Waals surface area contributed by atoms with Gasteiger partial charge in [-0.3, -0.25) is 4.79 Å². The number of nitriles is 1. The zero-order chi connectivity index (χ0) is 14.8. The topological polar surface area (TPSA) is 44.1 Å². The van der Waals surface area contributed by atoms with Gasteiger partial charge in [-0.15, -0.1) is 0 Å². The van der Waals surface area contributed by atoms with Gasteiger partial charge in [-0.2, -0.15) is 5.26 Å². The predicted molar refractivity (Wildman–Crippen MR) is 87.7 cm³/mol. The molecule has 1 amide bonds. The molecule has 0 spiro atoms. The summed E-state index contributed by atoms with van der Waals surface area (Å²) in [5, 5.41) is 10.1. The molecule has 1 aromatic rings. The largest absolute Gasteiger partial charge is 0.323 e. The Kier molecular flexibility index (Phi) is 4.92. The molecule has 1 fully saturated rings. The lowest BCUT2D eigenvalue weighted by molar-refractivity contribution is 0.0588. The van der Waals surface area contributed by atoms with Crippen LogP contribution in [0.25, 0.3) is 0 Å². The van der Waals surface area contributed by atoms with E-state index in [1.165, 1.54) is 0 Å². The smallest absolute Gasteiger partial charge is 0.256 e. The van der Waals surface area contributed by atoms with E-state index >= 15 is 0 Å². The Bertz CT molecular complexity index is 561. The maximum Gasteiger partial charge on any atom is 0.256 e. The van der Waals surface area contributed by atoms with E-state index in [0.29, 0.717) is 10.6 Å². The van der Waals surface area contributed by atoms with Crippen LogP contribution in [0.2, 0.25) is 5.02 Å². The molecule has 0 heterocycles. The van der Waals surface area contributed by atoms with Crippen LogP contribution in [0.15, 0.2) is 18.2 Å². The summed E-state index contributed by atoms with van der Waals surface area (Å²) in [6.45, 7) is 0. The molecule has 0 aliphatic heterocycles. The van der Waals surface area contributed by atoms with E-state index in [-0.39, 0.29) is 5.91 Å². The van der Waals surface area contributed by atoms with Crippen molar-refractivity contribution >= 4 is 40.1 Å². The molecule has 1 saturated carbocycles. The average molecular weight is 403 g/mol. The molecule has 1 aromatic carbocycles. The second-order valence-corrected chi connectivity index (χ2v) is 6.79. The highest BCUT2D eigenvalue weighted by atomic mass is 127. The standard InChI is InChI=1S/C15H16ClIN2O/c1-19(15(10-18)7-3-2-4-8-15)14(20)12-9-11(16)5-6-13(12)17/h5-6,9H,2-4,7-8H2,1H3. The minimum Gasteiger partial charge on any atom is -0.323 e. The first-order valence-electron chi connectivity index (χ1n) is 6.65. The van der Waals surface area contributed by atoms with Crippen LogP contribution in [0.4, 0.5) is 0 Å². The average Bonchev–Trinajstić information content (AvgIpc) is 2.49. The first-order chi connectivity index (χ1) is 9.50. The molecular weight excluding hydrogens is 387 g/mol. The normalized spacial score (nSPS) is 17.3. The number of carbonyl (C=O) groups is 1.